The maximum atomic E-state index is 12.6. The number of hydrogen-bond acceptors (Lipinski definition) is 4. The first-order chi connectivity index (χ1) is 15.0. The summed E-state index contributed by atoms with van der Waals surface area (Å²) in [5.41, 5.74) is 4.90. The Bertz CT molecular complexity index is 1080. The second kappa shape index (κ2) is 9.48. The predicted octanol–water partition coefficient (Wildman–Crippen LogP) is 5.24. The largest absolute Gasteiger partial charge is 0.483 e. The van der Waals surface area contributed by atoms with Crippen molar-refractivity contribution in [2.75, 3.05) is 18.5 Å². The molecule has 0 unspecified atom stereocenters. The Labute approximate surface area is 184 Å². The molecule has 1 fully saturated rings. The van der Waals surface area contributed by atoms with Crippen LogP contribution in [0.25, 0.3) is 10.9 Å². The van der Waals surface area contributed by atoms with Crippen LogP contribution in [-0.4, -0.2) is 35.0 Å². The molecule has 1 amide bonds. The van der Waals surface area contributed by atoms with E-state index in [2.05, 4.69) is 34.3 Å². The molecular formula is C26H31N3O2. The van der Waals surface area contributed by atoms with Gasteiger partial charge in [-0.05, 0) is 70.0 Å². The summed E-state index contributed by atoms with van der Waals surface area (Å²) in [7, 11) is 0. The second-order valence-corrected chi connectivity index (χ2v) is 8.63. The van der Waals surface area contributed by atoms with Gasteiger partial charge in [0.05, 0.1) is 5.52 Å². The Morgan fingerprint density at radius 1 is 1.16 bits per heavy atom. The fraction of sp³-hybridized carbons (Fsp3) is 0.385. The van der Waals surface area contributed by atoms with Crippen molar-refractivity contribution in [3.8, 4) is 5.75 Å². The summed E-state index contributed by atoms with van der Waals surface area (Å²) >= 11 is 0. The number of ether oxygens (including phenoxy) is 1. The number of hydrogen-bond donors (Lipinski definition) is 1. The van der Waals surface area contributed by atoms with Gasteiger partial charge in [0.15, 0.2) is 6.61 Å². The second-order valence-electron chi connectivity index (χ2n) is 8.63. The van der Waals surface area contributed by atoms with Crippen molar-refractivity contribution in [3.63, 3.8) is 0 Å². The van der Waals surface area contributed by atoms with Crippen LogP contribution in [0.15, 0.2) is 48.5 Å². The van der Waals surface area contributed by atoms with Crippen LogP contribution in [0.4, 0.5) is 5.69 Å². The lowest BCUT2D eigenvalue weighted by Gasteiger charge is -2.33. The molecule has 1 aliphatic heterocycles. The van der Waals surface area contributed by atoms with Gasteiger partial charge in [-0.1, -0.05) is 30.2 Å². The van der Waals surface area contributed by atoms with Crippen molar-refractivity contribution in [1.29, 1.82) is 0 Å². The van der Waals surface area contributed by atoms with E-state index in [1.54, 1.807) is 0 Å². The molecule has 0 aliphatic carbocycles. The van der Waals surface area contributed by atoms with Crippen LogP contribution in [0.1, 0.15) is 43.0 Å². The summed E-state index contributed by atoms with van der Waals surface area (Å²) < 4.78 is 5.89. The number of aromatic nitrogens is 1. The zero-order valence-electron chi connectivity index (χ0n) is 18.6. The highest BCUT2D eigenvalue weighted by Crippen LogP contribution is 2.26. The minimum atomic E-state index is -0.168. The number of aryl methyl sites for hydroxylation is 2. The molecular weight excluding hydrogens is 386 g/mol. The van der Waals surface area contributed by atoms with Crippen LogP contribution < -0.4 is 10.1 Å². The number of amides is 1. The first-order valence-electron chi connectivity index (χ1n) is 11.1. The smallest absolute Gasteiger partial charge is 0.262 e. The highest BCUT2D eigenvalue weighted by Gasteiger charge is 2.18. The molecule has 2 heterocycles. The van der Waals surface area contributed by atoms with Crippen molar-refractivity contribution in [3.05, 3.63) is 65.4 Å². The van der Waals surface area contributed by atoms with E-state index in [9.17, 15) is 4.79 Å². The Kier molecular flexibility index (Phi) is 6.52. The van der Waals surface area contributed by atoms with Crippen molar-refractivity contribution in [2.24, 2.45) is 0 Å². The summed E-state index contributed by atoms with van der Waals surface area (Å²) in [5.74, 6) is 0.521. The number of fused-ring (bicyclic) bond motifs is 1. The molecule has 1 N–H and O–H groups in total. The molecule has 3 aromatic rings. The van der Waals surface area contributed by atoms with Gasteiger partial charge < -0.3 is 10.1 Å². The van der Waals surface area contributed by atoms with Crippen LogP contribution in [0.2, 0.25) is 0 Å². The molecule has 31 heavy (non-hydrogen) atoms. The van der Waals surface area contributed by atoms with Gasteiger partial charge in [-0.2, -0.15) is 0 Å². The summed E-state index contributed by atoms with van der Waals surface area (Å²) in [6.45, 7) is 8.29. The van der Waals surface area contributed by atoms with E-state index in [1.165, 1.54) is 24.8 Å². The zero-order chi connectivity index (χ0) is 21.8. The molecule has 4 rings (SSSR count). The van der Waals surface area contributed by atoms with E-state index in [1.807, 2.05) is 50.2 Å². The van der Waals surface area contributed by atoms with E-state index in [0.29, 0.717) is 11.8 Å². The summed E-state index contributed by atoms with van der Waals surface area (Å²) in [5, 5.41) is 3.90. The van der Waals surface area contributed by atoms with E-state index in [-0.39, 0.29) is 12.5 Å². The lowest BCUT2D eigenvalue weighted by molar-refractivity contribution is -0.118. The summed E-state index contributed by atoms with van der Waals surface area (Å²) in [4.78, 5) is 19.6. The van der Waals surface area contributed by atoms with Gasteiger partial charge in [0.1, 0.15) is 5.75 Å². The molecule has 0 spiro atoms. The quantitative estimate of drug-likeness (QED) is 0.596. The SMILES string of the molecule is Cc1ccc2nc(C)cc(OCC(=O)Nc3cccc(CN4CCCC[C@H]4C)c3)c2c1. The van der Waals surface area contributed by atoms with E-state index in [0.717, 1.165) is 40.9 Å². The highest BCUT2D eigenvalue weighted by molar-refractivity contribution is 5.92. The Hall–Kier alpha value is -2.92. The average molecular weight is 418 g/mol. The normalized spacial score (nSPS) is 16.9. The fourth-order valence-electron chi connectivity index (χ4n) is 4.27. The Balaban J connectivity index is 1.39. The summed E-state index contributed by atoms with van der Waals surface area (Å²) in [6, 6.07) is 16.7. The minimum Gasteiger partial charge on any atom is -0.483 e. The lowest BCUT2D eigenvalue weighted by Crippen LogP contribution is -2.36. The molecule has 0 radical (unpaired) electrons. The number of carbonyl (C=O) groups is 1. The molecule has 0 bridgehead atoms. The zero-order valence-corrected chi connectivity index (χ0v) is 18.6. The third-order valence-corrected chi connectivity index (χ3v) is 5.95. The van der Waals surface area contributed by atoms with Crippen LogP contribution in [0.5, 0.6) is 5.75 Å². The van der Waals surface area contributed by atoms with Gasteiger partial charge in [-0.3, -0.25) is 14.7 Å². The monoisotopic (exact) mass is 417 g/mol. The standard InChI is InChI=1S/C26H31N3O2/c1-18-10-11-24-23(13-18)25(14-19(2)27-24)31-17-26(30)28-22-9-6-8-21(15-22)16-29-12-5-4-7-20(29)3/h6,8-11,13-15,20H,4-5,7,12,16-17H2,1-3H3,(H,28,30)/t20-/m1/s1. The maximum absolute atomic E-state index is 12.6. The Morgan fingerprint density at radius 3 is 2.87 bits per heavy atom. The average Bonchev–Trinajstić information content (AvgIpc) is 2.74. The number of benzene rings is 2. The molecule has 1 aliphatic rings. The van der Waals surface area contributed by atoms with Crippen molar-refractivity contribution in [1.82, 2.24) is 9.88 Å². The fourth-order valence-corrected chi connectivity index (χ4v) is 4.27. The van der Waals surface area contributed by atoms with Gasteiger partial charge in [-0.15, -0.1) is 0 Å². The van der Waals surface area contributed by atoms with Gasteiger partial charge in [0.2, 0.25) is 0 Å². The molecule has 0 saturated carbocycles. The van der Waals surface area contributed by atoms with Gasteiger partial charge in [-0.25, -0.2) is 0 Å². The molecule has 1 aromatic heterocycles. The van der Waals surface area contributed by atoms with E-state index < -0.39 is 0 Å². The number of piperidine rings is 1. The van der Waals surface area contributed by atoms with Crippen LogP contribution in [0.3, 0.4) is 0 Å². The third kappa shape index (κ3) is 5.42. The van der Waals surface area contributed by atoms with E-state index in [4.69, 9.17) is 4.74 Å². The number of carbonyl (C=O) groups excluding carboxylic acids is 1. The first kappa shape index (κ1) is 21.3. The summed E-state index contributed by atoms with van der Waals surface area (Å²) in [6.07, 6.45) is 3.84. The van der Waals surface area contributed by atoms with Crippen molar-refractivity contribution < 1.29 is 9.53 Å². The van der Waals surface area contributed by atoms with E-state index >= 15 is 0 Å². The number of pyridine rings is 1. The molecule has 5 heteroatoms. The van der Waals surface area contributed by atoms with Crippen molar-refractivity contribution >= 4 is 22.5 Å². The van der Waals surface area contributed by atoms with Gasteiger partial charge in [0, 0.05) is 35.4 Å². The lowest BCUT2D eigenvalue weighted by atomic mass is 10.0. The van der Waals surface area contributed by atoms with Gasteiger partial charge >= 0.3 is 0 Å². The number of rotatable bonds is 6. The Morgan fingerprint density at radius 2 is 2.03 bits per heavy atom. The highest BCUT2D eigenvalue weighted by atomic mass is 16.5. The molecule has 2 aromatic carbocycles. The number of nitrogens with one attached hydrogen (secondary N) is 1. The van der Waals surface area contributed by atoms with Crippen LogP contribution >= 0.6 is 0 Å². The maximum Gasteiger partial charge on any atom is 0.262 e. The molecule has 5 nitrogen and oxygen atoms in total. The number of anilines is 1. The van der Waals surface area contributed by atoms with Crippen LogP contribution in [0, 0.1) is 13.8 Å². The minimum absolute atomic E-state index is 0.0418. The van der Waals surface area contributed by atoms with Crippen molar-refractivity contribution in [2.45, 2.75) is 52.6 Å². The first-order valence-corrected chi connectivity index (χ1v) is 11.1. The molecule has 1 atom stereocenters. The number of likely N-dealkylation sites (tertiary alicyclic amines) is 1. The third-order valence-electron chi connectivity index (χ3n) is 5.95. The topological polar surface area (TPSA) is 54.5 Å². The predicted molar refractivity (Wildman–Crippen MR) is 126 cm³/mol. The molecule has 1 saturated heterocycles. The van der Waals surface area contributed by atoms with Gasteiger partial charge in [0.25, 0.3) is 5.91 Å². The molecule has 162 valence electrons. The van der Waals surface area contributed by atoms with Crippen LogP contribution in [-0.2, 0) is 11.3 Å². The number of nitrogens with zero attached hydrogens (tertiary/aromatic N) is 2.